The molecule has 7 heteroatoms. The van der Waals surface area contributed by atoms with E-state index in [4.69, 9.17) is 14.5 Å². The molecule has 0 amide bonds. The molecule has 0 bridgehead atoms. The van der Waals surface area contributed by atoms with Gasteiger partial charge in [0, 0.05) is 18.5 Å². The van der Waals surface area contributed by atoms with Gasteiger partial charge in [-0.1, -0.05) is 6.07 Å². The van der Waals surface area contributed by atoms with Crippen LogP contribution in [0.4, 0.5) is 5.95 Å². The van der Waals surface area contributed by atoms with Gasteiger partial charge in [0.05, 0.1) is 5.39 Å². The zero-order valence-corrected chi connectivity index (χ0v) is 15.3. The lowest BCUT2D eigenvalue weighted by Crippen LogP contribution is -2.22. The molecule has 26 heavy (non-hydrogen) atoms. The topological polar surface area (TPSA) is 65.4 Å². The standard InChI is InChI=1S/C19H19N3O3S/c1-22-18(23)16-12-4-2-3-5-15(12)26-17(16)21-19(22)20-9-11-6-7-13-14(8-11)25-10-24-13/h6-8H,2-5,9-10H2,1H3,(H,20,21). The molecule has 0 spiro atoms. The van der Waals surface area contributed by atoms with Crippen LogP contribution in [0.2, 0.25) is 0 Å². The van der Waals surface area contributed by atoms with Gasteiger partial charge in [0.1, 0.15) is 4.83 Å². The van der Waals surface area contributed by atoms with Gasteiger partial charge < -0.3 is 14.8 Å². The van der Waals surface area contributed by atoms with Crippen LogP contribution in [0.3, 0.4) is 0 Å². The van der Waals surface area contributed by atoms with Crippen LogP contribution in [0.1, 0.15) is 28.8 Å². The number of nitrogens with zero attached hydrogens (tertiary/aromatic N) is 2. The number of hydrogen-bond acceptors (Lipinski definition) is 6. The van der Waals surface area contributed by atoms with Crippen LogP contribution in [-0.4, -0.2) is 16.3 Å². The number of aryl methyl sites for hydroxylation is 2. The summed E-state index contributed by atoms with van der Waals surface area (Å²) in [6.45, 7) is 0.829. The van der Waals surface area contributed by atoms with E-state index in [-0.39, 0.29) is 12.4 Å². The molecule has 1 N–H and O–H groups in total. The Bertz CT molecular complexity index is 1070. The maximum Gasteiger partial charge on any atom is 0.263 e. The summed E-state index contributed by atoms with van der Waals surface area (Å²) in [5.74, 6) is 2.12. The van der Waals surface area contributed by atoms with Crippen LogP contribution in [-0.2, 0) is 26.4 Å². The molecule has 6 nitrogen and oxygen atoms in total. The van der Waals surface area contributed by atoms with Crippen molar-refractivity contribution in [2.24, 2.45) is 7.05 Å². The molecule has 0 unspecified atom stereocenters. The number of anilines is 1. The average molecular weight is 369 g/mol. The summed E-state index contributed by atoms with van der Waals surface area (Å²) in [5, 5.41) is 4.12. The SMILES string of the molecule is Cn1c(NCc2ccc3c(c2)OCO3)nc2sc3c(c2c1=O)CCCC3. The van der Waals surface area contributed by atoms with Gasteiger partial charge >= 0.3 is 0 Å². The monoisotopic (exact) mass is 369 g/mol. The zero-order valence-electron chi connectivity index (χ0n) is 14.5. The highest BCUT2D eigenvalue weighted by Gasteiger charge is 2.21. The number of fused-ring (bicyclic) bond motifs is 4. The first-order valence-corrected chi connectivity index (χ1v) is 9.66. The van der Waals surface area contributed by atoms with Gasteiger partial charge in [-0.2, -0.15) is 0 Å². The Morgan fingerprint density at radius 1 is 1.23 bits per heavy atom. The fourth-order valence-electron chi connectivity index (χ4n) is 3.68. The Hall–Kier alpha value is -2.54. The Balaban J connectivity index is 1.47. The van der Waals surface area contributed by atoms with E-state index in [1.807, 2.05) is 18.2 Å². The smallest absolute Gasteiger partial charge is 0.263 e. The van der Waals surface area contributed by atoms with Crippen molar-refractivity contribution in [1.29, 1.82) is 0 Å². The van der Waals surface area contributed by atoms with Gasteiger partial charge in [0.15, 0.2) is 11.5 Å². The van der Waals surface area contributed by atoms with Gasteiger partial charge in [-0.15, -0.1) is 11.3 Å². The summed E-state index contributed by atoms with van der Waals surface area (Å²) in [6.07, 6.45) is 4.43. The van der Waals surface area contributed by atoms with Crippen LogP contribution in [0.15, 0.2) is 23.0 Å². The molecule has 0 radical (unpaired) electrons. The molecular weight excluding hydrogens is 350 g/mol. The van der Waals surface area contributed by atoms with Crippen molar-refractivity contribution in [2.75, 3.05) is 12.1 Å². The molecule has 1 aromatic carbocycles. The molecule has 2 aromatic heterocycles. The summed E-state index contributed by atoms with van der Waals surface area (Å²) in [5.41, 5.74) is 2.32. The molecule has 1 aliphatic heterocycles. The lowest BCUT2D eigenvalue weighted by atomic mass is 9.97. The molecule has 134 valence electrons. The number of thiophene rings is 1. The molecule has 0 fully saturated rings. The predicted octanol–water partition coefficient (Wildman–Crippen LogP) is 3.21. The molecule has 3 aromatic rings. The Morgan fingerprint density at radius 3 is 3.00 bits per heavy atom. The van der Waals surface area contributed by atoms with Crippen LogP contribution >= 0.6 is 11.3 Å². The van der Waals surface area contributed by atoms with Gasteiger partial charge in [-0.25, -0.2) is 4.98 Å². The first kappa shape index (κ1) is 15.7. The number of hydrogen-bond donors (Lipinski definition) is 1. The molecular formula is C19H19N3O3S. The lowest BCUT2D eigenvalue weighted by Gasteiger charge is -2.12. The third-order valence-electron chi connectivity index (χ3n) is 5.08. The first-order valence-electron chi connectivity index (χ1n) is 8.84. The number of benzene rings is 1. The second-order valence-corrected chi connectivity index (χ2v) is 7.82. The van der Waals surface area contributed by atoms with E-state index < -0.39 is 0 Å². The fraction of sp³-hybridized carbons (Fsp3) is 0.368. The predicted molar refractivity (Wildman–Crippen MR) is 101 cm³/mol. The quantitative estimate of drug-likeness (QED) is 0.768. The summed E-state index contributed by atoms with van der Waals surface area (Å²) in [6, 6.07) is 5.85. The molecule has 0 saturated heterocycles. The zero-order chi connectivity index (χ0) is 17.7. The van der Waals surface area contributed by atoms with Crippen molar-refractivity contribution in [3.8, 4) is 11.5 Å². The van der Waals surface area contributed by atoms with Crippen molar-refractivity contribution in [2.45, 2.75) is 32.2 Å². The van der Waals surface area contributed by atoms with E-state index >= 15 is 0 Å². The number of rotatable bonds is 3. The number of aromatic nitrogens is 2. The Kier molecular flexibility index (Phi) is 3.63. The van der Waals surface area contributed by atoms with Crippen molar-refractivity contribution >= 4 is 27.5 Å². The first-order chi connectivity index (χ1) is 12.7. The van der Waals surface area contributed by atoms with E-state index in [0.717, 1.165) is 46.5 Å². The largest absolute Gasteiger partial charge is 0.454 e. The van der Waals surface area contributed by atoms with Gasteiger partial charge in [-0.3, -0.25) is 9.36 Å². The van der Waals surface area contributed by atoms with Gasteiger partial charge in [0.2, 0.25) is 12.7 Å². The molecule has 0 atom stereocenters. The second-order valence-electron chi connectivity index (χ2n) is 6.73. The van der Waals surface area contributed by atoms with Gasteiger partial charge in [-0.05, 0) is 48.9 Å². The van der Waals surface area contributed by atoms with Crippen molar-refractivity contribution < 1.29 is 9.47 Å². The van der Waals surface area contributed by atoms with Crippen LogP contribution < -0.4 is 20.3 Å². The van der Waals surface area contributed by atoms with E-state index in [1.165, 1.54) is 16.9 Å². The van der Waals surface area contributed by atoms with Crippen molar-refractivity contribution in [3.63, 3.8) is 0 Å². The maximum atomic E-state index is 12.9. The van der Waals surface area contributed by atoms with Crippen molar-refractivity contribution in [3.05, 3.63) is 44.6 Å². The summed E-state index contributed by atoms with van der Waals surface area (Å²) in [7, 11) is 1.78. The third kappa shape index (κ3) is 2.46. The molecule has 1 aliphatic carbocycles. The van der Waals surface area contributed by atoms with E-state index in [9.17, 15) is 4.79 Å². The van der Waals surface area contributed by atoms with Gasteiger partial charge in [0.25, 0.3) is 5.56 Å². The molecule has 3 heterocycles. The summed E-state index contributed by atoms with van der Waals surface area (Å²) < 4.78 is 12.4. The number of ether oxygens (including phenoxy) is 2. The Morgan fingerprint density at radius 2 is 2.08 bits per heavy atom. The Labute approximate surface area is 154 Å². The normalized spacial score (nSPS) is 15.3. The molecule has 5 rings (SSSR count). The highest BCUT2D eigenvalue weighted by atomic mass is 32.1. The minimum Gasteiger partial charge on any atom is -0.454 e. The lowest BCUT2D eigenvalue weighted by molar-refractivity contribution is 0.174. The average Bonchev–Trinajstić information content (AvgIpc) is 3.26. The minimum absolute atomic E-state index is 0.0441. The van der Waals surface area contributed by atoms with E-state index in [2.05, 4.69) is 5.32 Å². The fourth-order valence-corrected chi connectivity index (χ4v) is 4.93. The van der Waals surface area contributed by atoms with E-state index in [0.29, 0.717) is 12.5 Å². The summed E-state index contributed by atoms with van der Waals surface area (Å²) in [4.78, 5) is 19.8. The van der Waals surface area contributed by atoms with Crippen LogP contribution in [0, 0.1) is 0 Å². The number of nitrogens with one attached hydrogen (secondary N) is 1. The van der Waals surface area contributed by atoms with Crippen LogP contribution in [0.25, 0.3) is 10.2 Å². The molecule has 0 saturated carbocycles. The third-order valence-corrected chi connectivity index (χ3v) is 6.27. The minimum atomic E-state index is 0.0441. The summed E-state index contributed by atoms with van der Waals surface area (Å²) >= 11 is 1.67. The highest BCUT2D eigenvalue weighted by molar-refractivity contribution is 7.18. The van der Waals surface area contributed by atoms with Crippen molar-refractivity contribution in [1.82, 2.24) is 9.55 Å². The maximum absolute atomic E-state index is 12.9. The van der Waals surface area contributed by atoms with Crippen LogP contribution in [0.5, 0.6) is 11.5 Å². The second kappa shape index (κ2) is 6.02. The van der Waals surface area contributed by atoms with E-state index in [1.54, 1.807) is 23.0 Å². The highest BCUT2D eigenvalue weighted by Crippen LogP contribution is 2.35. The molecule has 2 aliphatic rings.